The zero-order valence-electron chi connectivity index (χ0n) is 17.2. The van der Waals surface area contributed by atoms with Crippen molar-refractivity contribution in [1.29, 1.82) is 0 Å². The summed E-state index contributed by atoms with van der Waals surface area (Å²) in [5, 5.41) is 5.71. The summed E-state index contributed by atoms with van der Waals surface area (Å²) < 4.78 is 0. The van der Waals surface area contributed by atoms with E-state index >= 15 is 0 Å². The van der Waals surface area contributed by atoms with E-state index < -0.39 is 6.04 Å². The van der Waals surface area contributed by atoms with Gasteiger partial charge in [-0.25, -0.2) is 0 Å². The van der Waals surface area contributed by atoms with E-state index in [1.807, 2.05) is 12.1 Å². The third-order valence-electron chi connectivity index (χ3n) is 6.92. The Hall–Kier alpha value is -2.29. The highest BCUT2D eigenvalue weighted by Crippen LogP contribution is 2.30. The van der Waals surface area contributed by atoms with Crippen molar-refractivity contribution in [3.05, 3.63) is 34.9 Å². The number of fused-ring (bicyclic) bond motifs is 1. The first-order valence-corrected chi connectivity index (χ1v) is 11.0. The van der Waals surface area contributed by atoms with Crippen molar-refractivity contribution >= 4 is 17.7 Å². The first kappa shape index (κ1) is 19.7. The molecule has 0 bridgehead atoms. The number of carbonyl (C=O) groups is 3. The molecule has 0 aliphatic carbocycles. The number of amides is 3. The van der Waals surface area contributed by atoms with Crippen LogP contribution in [0.3, 0.4) is 0 Å². The van der Waals surface area contributed by atoms with Gasteiger partial charge in [-0.3, -0.25) is 24.6 Å². The van der Waals surface area contributed by atoms with Crippen molar-refractivity contribution in [3.8, 4) is 0 Å². The molecule has 0 spiro atoms. The monoisotopic (exact) mass is 411 g/mol. The molecular formula is C22H29N5O3. The van der Waals surface area contributed by atoms with Crippen LogP contribution < -0.4 is 10.6 Å². The number of nitrogens with zero attached hydrogens (tertiary/aromatic N) is 3. The van der Waals surface area contributed by atoms with Crippen LogP contribution in [0.2, 0.25) is 0 Å². The van der Waals surface area contributed by atoms with Crippen LogP contribution in [0.15, 0.2) is 18.2 Å². The molecule has 3 saturated heterocycles. The van der Waals surface area contributed by atoms with Gasteiger partial charge in [-0.05, 0) is 29.5 Å². The van der Waals surface area contributed by atoms with Gasteiger partial charge in [0.25, 0.3) is 5.91 Å². The standard InChI is InChI=1S/C22H29N5O3/c28-20-5-4-19(21(29)24-20)27-14-18-16(2-1-3-17(18)22(27)30)13-26-8-6-25(7-9-26)12-15-10-23-11-15/h1-3,15,19,23H,4-14H2,(H,24,28,29). The zero-order chi connectivity index (χ0) is 20.7. The van der Waals surface area contributed by atoms with Crippen LogP contribution in [0, 0.1) is 5.92 Å². The zero-order valence-corrected chi connectivity index (χ0v) is 17.2. The predicted octanol–water partition coefficient (Wildman–Crippen LogP) is -0.215. The summed E-state index contributed by atoms with van der Waals surface area (Å²) in [7, 11) is 0. The molecule has 4 heterocycles. The van der Waals surface area contributed by atoms with Gasteiger partial charge in [-0.2, -0.15) is 0 Å². The molecule has 160 valence electrons. The maximum absolute atomic E-state index is 13.0. The molecule has 0 radical (unpaired) electrons. The van der Waals surface area contributed by atoms with Crippen LogP contribution in [0.4, 0.5) is 0 Å². The Morgan fingerprint density at radius 3 is 2.47 bits per heavy atom. The number of nitrogens with one attached hydrogen (secondary N) is 2. The number of hydrogen-bond donors (Lipinski definition) is 2. The SMILES string of the molecule is O=C1CCC(N2Cc3c(CN4CCN(CC5CNC5)CC4)cccc3C2=O)C(=O)N1. The van der Waals surface area contributed by atoms with Gasteiger partial charge in [0.2, 0.25) is 11.8 Å². The summed E-state index contributed by atoms with van der Waals surface area (Å²) in [5.41, 5.74) is 2.91. The van der Waals surface area contributed by atoms with Crippen LogP contribution in [-0.2, 0) is 22.7 Å². The Bertz CT molecular complexity index is 860. The summed E-state index contributed by atoms with van der Waals surface area (Å²) in [6, 6.07) is 5.35. The fourth-order valence-corrected chi connectivity index (χ4v) is 5.01. The van der Waals surface area contributed by atoms with E-state index in [1.165, 1.54) is 12.1 Å². The molecule has 4 aliphatic rings. The molecule has 8 heteroatoms. The smallest absolute Gasteiger partial charge is 0.255 e. The Labute approximate surface area is 176 Å². The van der Waals surface area contributed by atoms with Crippen LogP contribution >= 0.6 is 0 Å². The average Bonchev–Trinajstić information content (AvgIpc) is 3.04. The predicted molar refractivity (Wildman–Crippen MR) is 111 cm³/mol. The summed E-state index contributed by atoms with van der Waals surface area (Å²) in [6.07, 6.45) is 0.683. The minimum absolute atomic E-state index is 0.0970. The molecule has 3 amide bonds. The number of piperidine rings is 1. The van der Waals surface area contributed by atoms with Crippen molar-refractivity contribution in [1.82, 2.24) is 25.3 Å². The fraction of sp³-hybridized carbons (Fsp3) is 0.591. The lowest BCUT2D eigenvalue weighted by atomic mass is 10.0. The van der Waals surface area contributed by atoms with Gasteiger partial charge in [0, 0.05) is 70.9 Å². The second kappa shape index (κ2) is 8.09. The molecule has 4 aliphatic heterocycles. The Morgan fingerprint density at radius 1 is 1.00 bits per heavy atom. The third-order valence-corrected chi connectivity index (χ3v) is 6.92. The normalized spacial score (nSPS) is 25.9. The lowest BCUT2D eigenvalue weighted by Gasteiger charge is -2.39. The molecule has 5 rings (SSSR count). The first-order valence-electron chi connectivity index (χ1n) is 11.0. The number of rotatable bonds is 5. The first-order chi connectivity index (χ1) is 14.6. The highest BCUT2D eigenvalue weighted by atomic mass is 16.2. The quantitative estimate of drug-likeness (QED) is 0.652. The molecule has 0 aromatic heterocycles. The van der Waals surface area contributed by atoms with Crippen molar-refractivity contribution < 1.29 is 14.4 Å². The van der Waals surface area contributed by atoms with E-state index in [0.29, 0.717) is 18.5 Å². The van der Waals surface area contributed by atoms with E-state index in [0.717, 1.165) is 57.3 Å². The fourth-order valence-electron chi connectivity index (χ4n) is 5.01. The van der Waals surface area contributed by atoms with E-state index in [9.17, 15) is 14.4 Å². The number of imide groups is 1. The number of piperazine rings is 1. The lowest BCUT2D eigenvalue weighted by molar-refractivity contribution is -0.136. The second-order valence-electron chi connectivity index (χ2n) is 8.94. The molecule has 8 nitrogen and oxygen atoms in total. The molecule has 30 heavy (non-hydrogen) atoms. The number of hydrogen-bond acceptors (Lipinski definition) is 6. The highest BCUT2D eigenvalue weighted by molar-refractivity contribution is 6.05. The Balaban J connectivity index is 1.23. The average molecular weight is 412 g/mol. The van der Waals surface area contributed by atoms with Gasteiger partial charge in [0.1, 0.15) is 6.04 Å². The minimum Gasteiger partial charge on any atom is -0.322 e. The van der Waals surface area contributed by atoms with Crippen molar-refractivity contribution in [2.45, 2.75) is 32.0 Å². The maximum atomic E-state index is 13.0. The van der Waals surface area contributed by atoms with Gasteiger partial charge < -0.3 is 15.1 Å². The topological polar surface area (TPSA) is 85.0 Å². The molecule has 3 fully saturated rings. The van der Waals surface area contributed by atoms with E-state index in [4.69, 9.17) is 0 Å². The lowest BCUT2D eigenvalue weighted by Crippen LogP contribution is -2.53. The second-order valence-corrected chi connectivity index (χ2v) is 8.94. The van der Waals surface area contributed by atoms with Gasteiger partial charge in [0.15, 0.2) is 0 Å². The summed E-state index contributed by atoms with van der Waals surface area (Å²) >= 11 is 0. The van der Waals surface area contributed by atoms with Gasteiger partial charge in [-0.1, -0.05) is 12.1 Å². The molecular weight excluding hydrogens is 382 g/mol. The van der Waals surface area contributed by atoms with Crippen LogP contribution in [0.25, 0.3) is 0 Å². The largest absolute Gasteiger partial charge is 0.322 e. The number of carbonyl (C=O) groups excluding carboxylic acids is 3. The van der Waals surface area contributed by atoms with Crippen LogP contribution in [0.5, 0.6) is 0 Å². The van der Waals surface area contributed by atoms with Crippen molar-refractivity contribution in [2.75, 3.05) is 45.8 Å². The van der Waals surface area contributed by atoms with E-state index in [1.54, 1.807) is 4.90 Å². The van der Waals surface area contributed by atoms with Gasteiger partial charge >= 0.3 is 0 Å². The highest BCUT2D eigenvalue weighted by Gasteiger charge is 2.39. The molecule has 0 saturated carbocycles. The molecule has 1 aromatic carbocycles. The third kappa shape index (κ3) is 3.75. The van der Waals surface area contributed by atoms with E-state index in [-0.39, 0.29) is 24.1 Å². The molecule has 1 aromatic rings. The summed E-state index contributed by atoms with van der Waals surface area (Å²) in [6.45, 7) is 9.02. The molecule has 1 unspecified atom stereocenters. The minimum atomic E-state index is -0.556. The van der Waals surface area contributed by atoms with Crippen molar-refractivity contribution in [2.24, 2.45) is 5.92 Å². The number of benzene rings is 1. The Morgan fingerprint density at radius 2 is 1.77 bits per heavy atom. The maximum Gasteiger partial charge on any atom is 0.255 e. The van der Waals surface area contributed by atoms with Crippen LogP contribution in [0.1, 0.15) is 34.3 Å². The summed E-state index contributed by atoms with van der Waals surface area (Å²) in [5.74, 6) is 0.0963. The molecule has 1 atom stereocenters. The summed E-state index contributed by atoms with van der Waals surface area (Å²) in [4.78, 5) is 43.4. The molecule has 2 N–H and O–H groups in total. The van der Waals surface area contributed by atoms with Crippen molar-refractivity contribution in [3.63, 3.8) is 0 Å². The van der Waals surface area contributed by atoms with Crippen LogP contribution in [-0.4, -0.2) is 84.3 Å². The van der Waals surface area contributed by atoms with E-state index in [2.05, 4.69) is 26.5 Å². The Kier molecular flexibility index (Phi) is 5.30. The van der Waals surface area contributed by atoms with Gasteiger partial charge in [-0.15, -0.1) is 0 Å². The van der Waals surface area contributed by atoms with Gasteiger partial charge in [0.05, 0.1) is 0 Å².